The Morgan fingerprint density at radius 2 is 2.19 bits per heavy atom. The number of thiazole rings is 1. The Bertz CT molecular complexity index is 795. The number of carbonyl (C=O) groups excluding carboxylic acids is 1. The van der Waals surface area contributed by atoms with Crippen molar-refractivity contribution in [2.75, 3.05) is 5.73 Å². The molecule has 0 aliphatic heterocycles. The van der Waals surface area contributed by atoms with Gasteiger partial charge in [-0.3, -0.25) is 4.79 Å². The van der Waals surface area contributed by atoms with Gasteiger partial charge in [0.25, 0.3) is 5.91 Å². The largest absolute Gasteiger partial charge is 0.397 e. The molecule has 1 amide bonds. The summed E-state index contributed by atoms with van der Waals surface area (Å²) in [6, 6.07) is 1.75. The summed E-state index contributed by atoms with van der Waals surface area (Å²) in [5.41, 5.74) is 7.66. The standard InChI is InChI=1S/C14H14N4OS2/c1-7-3-4-16-14-9(7)10(15)11(21-14)12(19)18-8(2)13-17-5-6-20-13/h3-6,8H,15H2,1-2H3,(H,18,19). The van der Waals surface area contributed by atoms with E-state index in [0.29, 0.717) is 10.6 Å². The van der Waals surface area contributed by atoms with Crippen molar-refractivity contribution in [3.63, 3.8) is 0 Å². The first kappa shape index (κ1) is 14.0. The van der Waals surface area contributed by atoms with Crippen LogP contribution in [0.5, 0.6) is 0 Å². The van der Waals surface area contributed by atoms with Crippen molar-refractivity contribution >= 4 is 44.5 Å². The van der Waals surface area contributed by atoms with Crippen LogP contribution < -0.4 is 11.1 Å². The number of amides is 1. The molecule has 1 atom stereocenters. The van der Waals surface area contributed by atoms with Crippen LogP contribution in [0.3, 0.4) is 0 Å². The van der Waals surface area contributed by atoms with E-state index in [4.69, 9.17) is 5.73 Å². The summed E-state index contributed by atoms with van der Waals surface area (Å²) in [6.45, 7) is 3.87. The lowest BCUT2D eigenvalue weighted by atomic mass is 10.1. The fourth-order valence-electron chi connectivity index (χ4n) is 2.14. The number of nitrogens with two attached hydrogens (primary N) is 1. The normalized spacial score (nSPS) is 12.5. The van der Waals surface area contributed by atoms with Gasteiger partial charge >= 0.3 is 0 Å². The Labute approximate surface area is 129 Å². The Morgan fingerprint density at radius 1 is 1.38 bits per heavy atom. The van der Waals surface area contributed by atoms with Gasteiger partial charge < -0.3 is 11.1 Å². The van der Waals surface area contributed by atoms with E-state index in [2.05, 4.69) is 15.3 Å². The maximum atomic E-state index is 12.4. The summed E-state index contributed by atoms with van der Waals surface area (Å²) in [5, 5.41) is 6.56. The summed E-state index contributed by atoms with van der Waals surface area (Å²) in [6.07, 6.45) is 3.46. The molecule has 0 saturated carbocycles. The van der Waals surface area contributed by atoms with E-state index in [0.717, 1.165) is 20.8 Å². The molecular weight excluding hydrogens is 304 g/mol. The predicted octanol–water partition coefficient (Wildman–Crippen LogP) is 3.13. The number of fused-ring (bicyclic) bond motifs is 1. The van der Waals surface area contributed by atoms with Gasteiger partial charge in [-0.15, -0.1) is 22.7 Å². The minimum Gasteiger partial charge on any atom is -0.397 e. The molecule has 108 valence electrons. The van der Waals surface area contributed by atoms with Crippen LogP contribution in [0.25, 0.3) is 10.2 Å². The second kappa shape index (κ2) is 5.42. The van der Waals surface area contributed by atoms with Gasteiger partial charge in [-0.1, -0.05) is 0 Å². The van der Waals surface area contributed by atoms with Crippen molar-refractivity contribution in [2.45, 2.75) is 19.9 Å². The molecule has 0 aliphatic rings. The van der Waals surface area contributed by atoms with E-state index in [-0.39, 0.29) is 11.9 Å². The molecule has 0 aromatic carbocycles. The van der Waals surface area contributed by atoms with Crippen LogP contribution in [0.4, 0.5) is 5.69 Å². The number of rotatable bonds is 3. The minimum absolute atomic E-state index is 0.142. The van der Waals surface area contributed by atoms with Crippen molar-refractivity contribution in [1.82, 2.24) is 15.3 Å². The third kappa shape index (κ3) is 2.50. The van der Waals surface area contributed by atoms with Crippen molar-refractivity contribution in [1.29, 1.82) is 0 Å². The van der Waals surface area contributed by atoms with Crippen molar-refractivity contribution in [3.05, 3.63) is 39.3 Å². The van der Waals surface area contributed by atoms with Gasteiger partial charge in [0, 0.05) is 23.2 Å². The molecule has 0 radical (unpaired) electrons. The molecule has 3 rings (SSSR count). The lowest BCUT2D eigenvalue weighted by Crippen LogP contribution is -2.26. The number of carbonyl (C=O) groups is 1. The molecule has 1 unspecified atom stereocenters. The summed E-state index contributed by atoms with van der Waals surface area (Å²) in [7, 11) is 0. The number of nitrogen functional groups attached to an aromatic ring is 1. The Morgan fingerprint density at radius 3 is 2.86 bits per heavy atom. The molecule has 0 aliphatic carbocycles. The molecule has 0 bridgehead atoms. The van der Waals surface area contributed by atoms with E-state index in [9.17, 15) is 4.79 Å². The smallest absolute Gasteiger partial charge is 0.264 e. The van der Waals surface area contributed by atoms with Crippen LogP contribution in [0, 0.1) is 6.92 Å². The summed E-state index contributed by atoms with van der Waals surface area (Å²) in [4.78, 5) is 22.2. The zero-order valence-corrected chi connectivity index (χ0v) is 13.2. The second-order valence-electron chi connectivity index (χ2n) is 4.72. The fraction of sp³-hybridized carbons (Fsp3) is 0.214. The first-order valence-electron chi connectivity index (χ1n) is 6.41. The van der Waals surface area contributed by atoms with E-state index in [1.165, 1.54) is 22.7 Å². The maximum Gasteiger partial charge on any atom is 0.264 e. The highest BCUT2D eigenvalue weighted by Gasteiger charge is 2.20. The van der Waals surface area contributed by atoms with Gasteiger partial charge in [-0.2, -0.15) is 0 Å². The second-order valence-corrected chi connectivity index (χ2v) is 6.64. The quantitative estimate of drug-likeness (QED) is 0.777. The zero-order chi connectivity index (χ0) is 15.0. The van der Waals surface area contributed by atoms with Gasteiger partial charge in [0.15, 0.2) is 0 Å². The zero-order valence-electron chi connectivity index (χ0n) is 11.6. The number of hydrogen-bond donors (Lipinski definition) is 2. The minimum atomic E-state index is -0.183. The molecule has 3 N–H and O–H groups in total. The molecule has 21 heavy (non-hydrogen) atoms. The van der Waals surface area contributed by atoms with E-state index in [1.807, 2.05) is 25.3 Å². The maximum absolute atomic E-state index is 12.4. The van der Waals surface area contributed by atoms with Crippen LogP contribution in [0.2, 0.25) is 0 Å². The average molecular weight is 318 g/mol. The number of anilines is 1. The number of pyridine rings is 1. The van der Waals surface area contributed by atoms with Gasteiger partial charge in [0.1, 0.15) is 14.7 Å². The number of nitrogens with zero attached hydrogens (tertiary/aromatic N) is 2. The van der Waals surface area contributed by atoms with Crippen LogP contribution >= 0.6 is 22.7 Å². The molecule has 7 heteroatoms. The average Bonchev–Trinajstić information content (AvgIpc) is 3.07. The number of thiophene rings is 1. The highest BCUT2D eigenvalue weighted by atomic mass is 32.1. The van der Waals surface area contributed by atoms with Crippen molar-refractivity contribution < 1.29 is 4.79 Å². The highest BCUT2D eigenvalue weighted by molar-refractivity contribution is 7.21. The molecule has 0 fully saturated rings. The van der Waals surface area contributed by atoms with Crippen LogP contribution in [0.1, 0.15) is 33.2 Å². The number of aromatic nitrogens is 2. The summed E-state index contributed by atoms with van der Waals surface area (Å²) < 4.78 is 0. The Hall–Kier alpha value is -1.99. The van der Waals surface area contributed by atoms with Crippen LogP contribution in [-0.4, -0.2) is 15.9 Å². The number of hydrogen-bond acceptors (Lipinski definition) is 6. The predicted molar refractivity (Wildman–Crippen MR) is 86.8 cm³/mol. The topological polar surface area (TPSA) is 80.9 Å². The van der Waals surface area contributed by atoms with Gasteiger partial charge in [-0.05, 0) is 25.5 Å². The van der Waals surface area contributed by atoms with Crippen molar-refractivity contribution in [2.24, 2.45) is 0 Å². The first-order valence-corrected chi connectivity index (χ1v) is 8.11. The summed E-state index contributed by atoms with van der Waals surface area (Å²) >= 11 is 2.83. The summed E-state index contributed by atoms with van der Waals surface area (Å²) in [5.74, 6) is -0.183. The van der Waals surface area contributed by atoms with E-state index < -0.39 is 0 Å². The molecule has 5 nitrogen and oxygen atoms in total. The fourth-order valence-corrected chi connectivity index (χ4v) is 3.83. The molecule has 0 saturated heterocycles. The monoisotopic (exact) mass is 318 g/mol. The van der Waals surface area contributed by atoms with Gasteiger partial charge in [-0.25, -0.2) is 9.97 Å². The third-order valence-corrected chi connectivity index (χ3v) is 5.28. The molecule has 3 heterocycles. The van der Waals surface area contributed by atoms with Crippen molar-refractivity contribution in [3.8, 4) is 0 Å². The third-order valence-electron chi connectivity index (χ3n) is 3.21. The van der Waals surface area contributed by atoms with E-state index >= 15 is 0 Å². The highest BCUT2D eigenvalue weighted by Crippen LogP contribution is 2.34. The Kier molecular flexibility index (Phi) is 3.60. The molecular formula is C14H14N4OS2. The Balaban J connectivity index is 1.92. The SMILES string of the molecule is Cc1ccnc2sc(C(=O)NC(C)c3nccs3)c(N)c12. The first-order chi connectivity index (χ1) is 10.1. The van der Waals surface area contributed by atoms with Crippen LogP contribution in [0.15, 0.2) is 23.8 Å². The lowest BCUT2D eigenvalue weighted by Gasteiger charge is -2.10. The molecule has 3 aromatic rings. The lowest BCUT2D eigenvalue weighted by molar-refractivity contribution is 0.0945. The molecule has 3 aromatic heterocycles. The van der Waals surface area contributed by atoms with Crippen LogP contribution in [-0.2, 0) is 0 Å². The van der Waals surface area contributed by atoms with Gasteiger partial charge in [0.05, 0.1) is 11.7 Å². The number of nitrogens with one attached hydrogen (secondary N) is 1. The number of aryl methyl sites for hydroxylation is 1. The molecule has 0 spiro atoms. The van der Waals surface area contributed by atoms with Gasteiger partial charge in [0.2, 0.25) is 0 Å². The van der Waals surface area contributed by atoms with E-state index in [1.54, 1.807) is 12.4 Å².